The number of amides is 2. The number of hydrogen-bond acceptors (Lipinski definition) is 4. The minimum atomic E-state index is -0.682. The molecule has 140 valence electrons. The number of halogens is 3. The zero-order valence-electron chi connectivity index (χ0n) is 14.1. The molecule has 0 saturated carbocycles. The SMILES string of the molecule is CN1C(=O)CC(C(=O)Nc2cc(Cl)cc(Cl)c2)SC1=Nc1cccc(F)c1. The van der Waals surface area contributed by atoms with E-state index in [4.69, 9.17) is 23.2 Å². The largest absolute Gasteiger partial charge is 0.325 e. The lowest BCUT2D eigenvalue weighted by molar-refractivity contribution is -0.128. The van der Waals surface area contributed by atoms with Crippen molar-refractivity contribution >= 4 is 63.3 Å². The van der Waals surface area contributed by atoms with E-state index in [1.54, 1.807) is 31.3 Å². The molecule has 2 aromatic rings. The molecule has 1 atom stereocenters. The molecule has 0 radical (unpaired) electrons. The van der Waals surface area contributed by atoms with Crippen LogP contribution in [0, 0.1) is 5.82 Å². The summed E-state index contributed by atoms with van der Waals surface area (Å²) >= 11 is 13.0. The Morgan fingerprint density at radius 3 is 2.63 bits per heavy atom. The Bertz CT molecular complexity index is 918. The van der Waals surface area contributed by atoms with Crippen molar-refractivity contribution in [2.45, 2.75) is 11.7 Å². The van der Waals surface area contributed by atoms with Crippen molar-refractivity contribution in [3.8, 4) is 0 Å². The van der Waals surface area contributed by atoms with E-state index in [9.17, 15) is 14.0 Å². The predicted molar refractivity (Wildman–Crippen MR) is 107 cm³/mol. The van der Waals surface area contributed by atoms with Gasteiger partial charge < -0.3 is 5.32 Å². The van der Waals surface area contributed by atoms with Gasteiger partial charge in [-0.3, -0.25) is 14.5 Å². The number of benzene rings is 2. The summed E-state index contributed by atoms with van der Waals surface area (Å²) in [7, 11) is 1.57. The standard InChI is InChI=1S/C18H14Cl2FN3O2S/c1-24-16(25)9-15(17(26)22-14-6-10(19)5-11(20)7-14)27-18(24)23-13-4-2-3-12(21)8-13/h2-8,15H,9H2,1H3,(H,22,26). The van der Waals surface area contributed by atoms with Crippen LogP contribution >= 0.6 is 35.0 Å². The Morgan fingerprint density at radius 2 is 1.96 bits per heavy atom. The van der Waals surface area contributed by atoms with Gasteiger partial charge in [-0.15, -0.1) is 0 Å². The van der Waals surface area contributed by atoms with E-state index in [-0.39, 0.29) is 18.2 Å². The number of carbonyl (C=O) groups is 2. The molecule has 27 heavy (non-hydrogen) atoms. The molecular weight excluding hydrogens is 412 g/mol. The maximum Gasteiger partial charge on any atom is 0.238 e. The summed E-state index contributed by atoms with van der Waals surface area (Å²) in [5.41, 5.74) is 0.799. The smallest absolute Gasteiger partial charge is 0.238 e. The molecule has 0 bridgehead atoms. The first kappa shape index (κ1) is 19.7. The Hall–Kier alpha value is -2.09. The molecule has 1 aliphatic heterocycles. The van der Waals surface area contributed by atoms with Gasteiger partial charge in [0.25, 0.3) is 0 Å². The predicted octanol–water partition coefficient (Wildman–Crippen LogP) is 4.72. The van der Waals surface area contributed by atoms with Crippen LogP contribution in [-0.4, -0.2) is 34.2 Å². The van der Waals surface area contributed by atoms with Crippen molar-refractivity contribution in [1.29, 1.82) is 0 Å². The van der Waals surface area contributed by atoms with Crippen molar-refractivity contribution in [2.24, 2.45) is 4.99 Å². The number of aliphatic imine (C=N–C) groups is 1. The lowest BCUT2D eigenvalue weighted by Gasteiger charge is -2.28. The summed E-state index contributed by atoms with van der Waals surface area (Å²) in [5, 5.41) is 3.12. The zero-order valence-corrected chi connectivity index (χ0v) is 16.4. The molecule has 3 rings (SSSR count). The highest BCUT2D eigenvalue weighted by molar-refractivity contribution is 8.15. The Balaban J connectivity index is 1.80. The van der Waals surface area contributed by atoms with Crippen molar-refractivity contribution in [3.05, 3.63) is 58.3 Å². The van der Waals surface area contributed by atoms with Gasteiger partial charge in [0.15, 0.2) is 5.17 Å². The van der Waals surface area contributed by atoms with Crippen LogP contribution in [0.15, 0.2) is 47.5 Å². The molecular formula is C18H14Cl2FN3O2S. The molecule has 1 saturated heterocycles. The summed E-state index contributed by atoms with van der Waals surface area (Å²) in [5.74, 6) is -1.06. The maximum atomic E-state index is 13.4. The first-order valence-corrected chi connectivity index (χ1v) is 9.50. The van der Waals surface area contributed by atoms with Gasteiger partial charge in [0, 0.05) is 29.2 Å². The van der Waals surface area contributed by atoms with Crippen LogP contribution < -0.4 is 5.32 Å². The Labute approximate surface area is 169 Å². The molecule has 1 N–H and O–H groups in total. The summed E-state index contributed by atoms with van der Waals surface area (Å²) in [6, 6.07) is 10.4. The molecule has 0 aromatic heterocycles. The molecule has 1 aliphatic rings. The average molecular weight is 426 g/mol. The van der Waals surface area contributed by atoms with Gasteiger partial charge >= 0.3 is 0 Å². The number of nitrogens with one attached hydrogen (secondary N) is 1. The van der Waals surface area contributed by atoms with Crippen LogP contribution in [0.3, 0.4) is 0 Å². The van der Waals surface area contributed by atoms with Crippen LogP contribution in [-0.2, 0) is 9.59 Å². The molecule has 1 fully saturated rings. The lowest BCUT2D eigenvalue weighted by atomic mass is 10.2. The van der Waals surface area contributed by atoms with Crippen LogP contribution in [0.25, 0.3) is 0 Å². The summed E-state index contributed by atoms with van der Waals surface area (Å²) in [6.45, 7) is 0. The number of hydrogen-bond donors (Lipinski definition) is 1. The van der Waals surface area contributed by atoms with Crippen molar-refractivity contribution in [3.63, 3.8) is 0 Å². The fourth-order valence-electron chi connectivity index (χ4n) is 2.40. The second kappa shape index (κ2) is 8.29. The van der Waals surface area contributed by atoms with Crippen LogP contribution in [0.2, 0.25) is 10.0 Å². The van der Waals surface area contributed by atoms with E-state index < -0.39 is 11.1 Å². The molecule has 9 heteroatoms. The minimum Gasteiger partial charge on any atom is -0.325 e. The van der Waals surface area contributed by atoms with Crippen molar-refractivity contribution < 1.29 is 14.0 Å². The third-order valence-corrected chi connectivity index (χ3v) is 5.40. The van der Waals surface area contributed by atoms with E-state index in [2.05, 4.69) is 10.3 Å². The van der Waals surface area contributed by atoms with Gasteiger partial charge in [-0.25, -0.2) is 9.38 Å². The summed E-state index contributed by atoms with van der Waals surface area (Å²) in [6.07, 6.45) is 0.0173. The normalized spacial score (nSPS) is 18.7. The Kier molecular flexibility index (Phi) is 6.04. The first-order valence-electron chi connectivity index (χ1n) is 7.86. The molecule has 5 nitrogen and oxygen atoms in total. The van der Waals surface area contributed by atoms with Crippen LogP contribution in [0.5, 0.6) is 0 Å². The molecule has 1 unspecified atom stereocenters. The number of rotatable bonds is 3. The second-order valence-corrected chi connectivity index (χ2v) is 7.83. The van der Waals surface area contributed by atoms with Crippen LogP contribution in [0.1, 0.15) is 6.42 Å². The monoisotopic (exact) mass is 425 g/mol. The van der Waals surface area contributed by atoms with Crippen molar-refractivity contribution in [1.82, 2.24) is 4.90 Å². The van der Waals surface area contributed by atoms with Crippen LogP contribution in [0.4, 0.5) is 15.8 Å². The number of thioether (sulfide) groups is 1. The molecule has 0 spiro atoms. The highest BCUT2D eigenvalue weighted by Crippen LogP contribution is 2.30. The molecule has 2 aromatic carbocycles. The first-order chi connectivity index (χ1) is 12.8. The third-order valence-electron chi connectivity index (χ3n) is 3.72. The zero-order chi connectivity index (χ0) is 19.6. The maximum absolute atomic E-state index is 13.4. The van der Waals surface area contributed by atoms with Gasteiger partial charge in [0.2, 0.25) is 11.8 Å². The highest BCUT2D eigenvalue weighted by atomic mass is 35.5. The van der Waals surface area contributed by atoms with Crippen molar-refractivity contribution in [2.75, 3.05) is 12.4 Å². The second-order valence-electron chi connectivity index (χ2n) is 5.78. The average Bonchev–Trinajstić information content (AvgIpc) is 2.57. The molecule has 0 aliphatic carbocycles. The quantitative estimate of drug-likeness (QED) is 0.773. The number of amidine groups is 1. The Morgan fingerprint density at radius 1 is 1.26 bits per heavy atom. The number of carbonyl (C=O) groups excluding carboxylic acids is 2. The topological polar surface area (TPSA) is 61.8 Å². The number of anilines is 1. The minimum absolute atomic E-state index is 0.0173. The van der Waals surface area contributed by atoms with Gasteiger partial charge in [0.1, 0.15) is 11.1 Å². The summed E-state index contributed by atoms with van der Waals surface area (Å²) < 4.78 is 13.4. The van der Waals surface area contributed by atoms with E-state index in [1.807, 2.05) is 0 Å². The van der Waals surface area contributed by atoms with E-state index in [1.165, 1.54) is 23.1 Å². The lowest BCUT2D eigenvalue weighted by Crippen LogP contribution is -2.43. The molecule has 2 amide bonds. The van der Waals surface area contributed by atoms with E-state index >= 15 is 0 Å². The van der Waals surface area contributed by atoms with Gasteiger partial charge in [-0.2, -0.15) is 0 Å². The molecule has 1 heterocycles. The third kappa shape index (κ3) is 5.00. The van der Waals surface area contributed by atoms with E-state index in [0.29, 0.717) is 26.6 Å². The van der Waals surface area contributed by atoms with Gasteiger partial charge in [-0.05, 0) is 36.4 Å². The van der Waals surface area contributed by atoms with Gasteiger partial charge in [0.05, 0.1) is 5.69 Å². The highest BCUT2D eigenvalue weighted by Gasteiger charge is 2.34. The van der Waals surface area contributed by atoms with E-state index in [0.717, 1.165) is 11.8 Å². The number of nitrogens with zero attached hydrogens (tertiary/aromatic N) is 2. The summed E-state index contributed by atoms with van der Waals surface area (Å²) in [4.78, 5) is 30.5. The fourth-order valence-corrected chi connectivity index (χ4v) is 3.99. The van der Waals surface area contributed by atoms with Gasteiger partial charge in [-0.1, -0.05) is 41.0 Å². The fraction of sp³-hybridized carbons (Fsp3) is 0.167.